The molecule has 1 aromatic carbocycles. The maximum atomic E-state index is 12.0. The van der Waals surface area contributed by atoms with E-state index in [1.54, 1.807) is 29.5 Å². The minimum absolute atomic E-state index is 0.0483. The van der Waals surface area contributed by atoms with Crippen molar-refractivity contribution >= 4 is 17.2 Å². The summed E-state index contributed by atoms with van der Waals surface area (Å²) in [5.74, 6) is 0.565. The van der Waals surface area contributed by atoms with Crippen LogP contribution in [0.15, 0.2) is 41.8 Å². The number of nitrogens with one attached hydrogen (secondary N) is 1. The van der Waals surface area contributed by atoms with Crippen LogP contribution in [0.3, 0.4) is 0 Å². The van der Waals surface area contributed by atoms with Gasteiger partial charge in [0.25, 0.3) is 5.91 Å². The molecule has 0 radical (unpaired) electrons. The van der Waals surface area contributed by atoms with Gasteiger partial charge in [-0.2, -0.15) is 0 Å². The van der Waals surface area contributed by atoms with Crippen LogP contribution in [-0.4, -0.2) is 24.2 Å². The van der Waals surface area contributed by atoms with Crippen molar-refractivity contribution in [2.45, 2.75) is 13.5 Å². The lowest BCUT2D eigenvalue weighted by molar-refractivity contribution is 0.0942. The zero-order chi connectivity index (χ0) is 15.1. The van der Waals surface area contributed by atoms with Crippen molar-refractivity contribution in [1.82, 2.24) is 5.32 Å². The van der Waals surface area contributed by atoms with Gasteiger partial charge in [0.1, 0.15) is 12.4 Å². The standard InChI is InChI=1S/C16H19NO3S/c1-12(10-18)9-17-16(19)13-4-2-5-14(8-13)20-11-15-6-3-7-21-15/h2-8,12,18H,9-11H2,1H3,(H,17,19). The maximum Gasteiger partial charge on any atom is 0.251 e. The van der Waals surface area contributed by atoms with Crippen molar-refractivity contribution in [3.63, 3.8) is 0 Å². The lowest BCUT2D eigenvalue weighted by Gasteiger charge is -2.10. The van der Waals surface area contributed by atoms with Crippen LogP contribution in [0.25, 0.3) is 0 Å². The molecule has 2 aromatic rings. The molecule has 1 unspecified atom stereocenters. The van der Waals surface area contributed by atoms with Crippen LogP contribution in [0.4, 0.5) is 0 Å². The van der Waals surface area contributed by atoms with E-state index in [1.165, 1.54) is 0 Å². The minimum Gasteiger partial charge on any atom is -0.488 e. The third-order valence-electron chi connectivity index (χ3n) is 2.98. The number of carbonyl (C=O) groups is 1. The number of amides is 1. The molecule has 0 aliphatic carbocycles. The van der Waals surface area contributed by atoms with E-state index in [9.17, 15) is 4.79 Å². The van der Waals surface area contributed by atoms with Crippen molar-refractivity contribution < 1.29 is 14.6 Å². The number of thiophene rings is 1. The van der Waals surface area contributed by atoms with Crippen LogP contribution in [0.1, 0.15) is 22.2 Å². The topological polar surface area (TPSA) is 58.6 Å². The Morgan fingerprint density at radius 2 is 2.24 bits per heavy atom. The Morgan fingerprint density at radius 3 is 2.95 bits per heavy atom. The van der Waals surface area contributed by atoms with Crippen LogP contribution in [0, 0.1) is 5.92 Å². The Bertz CT molecular complexity index is 569. The molecule has 2 N–H and O–H groups in total. The molecule has 0 saturated carbocycles. The van der Waals surface area contributed by atoms with Crippen molar-refractivity contribution in [2.75, 3.05) is 13.2 Å². The summed E-state index contributed by atoms with van der Waals surface area (Å²) in [6.45, 7) is 2.89. The monoisotopic (exact) mass is 305 g/mol. The van der Waals surface area contributed by atoms with Crippen molar-refractivity contribution in [2.24, 2.45) is 5.92 Å². The van der Waals surface area contributed by atoms with Crippen LogP contribution in [0.2, 0.25) is 0 Å². The zero-order valence-electron chi connectivity index (χ0n) is 11.9. The molecule has 1 atom stereocenters. The van der Waals surface area contributed by atoms with Crippen LogP contribution in [0.5, 0.6) is 5.75 Å². The number of aliphatic hydroxyl groups is 1. The Balaban J connectivity index is 1.92. The number of carbonyl (C=O) groups excluding carboxylic acids is 1. The van der Waals surface area contributed by atoms with Crippen LogP contribution < -0.4 is 10.1 Å². The van der Waals surface area contributed by atoms with Crippen molar-refractivity contribution in [3.05, 3.63) is 52.2 Å². The van der Waals surface area contributed by atoms with Gasteiger partial charge in [-0.3, -0.25) is 4.79 Å². The van der Waals surface area contributed by atoms with Gasteiger partial charge in [0, 0.05) is 23.6 Å². The number of hydrogen-bond acceptors (Lipinski definition) is 4. The first kappa shape index (κ1) is 15.5. The van der Waals surface area contributed by atoms with Gasteiger partial charge in [-0.15, -0.1) is 11.3 Å². The third kappa shape index (κ3) is 4.88. The number of ether oxygens (including phenoxy) is 1. The molecule has 1 aromatic heterocycles. The predicted octanol–water partition coefficient (Wildman–Crippen LogP) is 2.69. The predicted molar refractivity (Wildman–Crippen MR) is 83.7 cm³/mol. The van der Waals surface area contributed by atoms with Gasteiger partial charge in [-0.1, -0.05) is 19.1 Å². The first-order chi connectivity index (χ1) is 10.2. The third-order valence-corrected chi connectivity index (χ3v) is 3.83. The molecular weight excluding hydrogens is 286 g/mol. The first-order valence-corrected chi connectivity index (χ1v) is 7.71. The van der Waals surface area contributed by atoms with Gasteiger partial charge in [-0.25, -0.2) is 0 Å². The number of aliphatic hydroxyl groups excluding tert-OH is 1. The van der Waals surface area contributed by atoms with Gasteiger partial charge in [0.2, 0.25) is 0 Å². The van der Waals surface area contributed by atoms with Crippen LogP contribution in [-0.2, 0) is 6.61 Å². The Labute approximate surface area is 128 Å². The molecule has 2 rings (SSSR count). The fourth-order valence-electron chi connectivity index (χ4n) is 1.71. The highest BCUT2D eigenvalue weighted by Gasteiger charge is 2.08. The van der Waals surface area contributed by atoms with Crippen LogP contribution >= 0.6 is 11.3 Å². The second-order valence-corrected chi connectivity index (χ2v) is 5.93. The van der Waals surface area contributed by atoms with E-state index in [0.29, 0.717) is 24.5 Å². The van der Waals surface area contributed by atoms with E-state index in [0.717, 1.165) is 4.88 Å². The second kappa shape index (κ2) is 7.81. The normalized spacial score (nSPS) is 11.9. The molecule has 0 bridgehead atoms. The first-order valence-electron chi connectivity index (χ1n) is 6.83. The highest BCUT2D eigenvalue weighted by molar-refractivity contribution is 7.09. The summed E-state index contributed by atoms with van der Waals surface area (Å²) < 4.78 is 5.68. The van der Waals surface area contributed by atoms with E-state index in [-0.39, 0.29) is 18.4 Å². The number of benzene rings is 1. The summed E-state index contributed by atoms with van der Waals surface area (Å²) in [5, 5.41) is 13.8. The SMILES string of the molecule is CC(CO)CNC(=O)c1cccc(OCc2cccs2)c1. The van der Waals surface area contributed by atoms with E-state index in [1.807, 2.05) is 30.5 Å². The quantitative estimate of drug-likeness (QED) is 0.827. The molecule has 5 heteroatoms. The summed E-state index contributed by atoms with van der Waals surface area (Å²) in [6.07, 6.45) is 0. The molecule has 0 fully saturated rings. The van der Waals surface area contributed by atoms with Gasteiger partial charge >= 0.3 is 0 Å². The molecule has 0 aliphatic rings. The Morgan fingerprint density at radius 1 is 1.38 bits per heavy atom. The Hall–Kier alpha value is -1.85. The highest BCUT2D eigenvalue weighted by Crippen LogP contribution is 2.17. The smallest absolute Gasteiger partial charge is 0.251 e. The second-order valence-electron chi connectivity index (χ2n) is 4.89. The molecule has 21 heavy (non-hydrogen) atoms. The van der Waals surface area contributed by atoms with Crippen molar-refractivity contribution in [1.29, 1.82) is 0 Å². The van der Waals surface area contributed by atoms with E-state index in [2.05, 4.69) is 5.32 Å². The van der Waals surface area contributed by atoms with E-state index >= 15 is 0 Å². The molecule has 0 aliphatic heterocycles. The molecule has 1 amide bonds. The minimum atomic E-state index is -0.156. The van der Waals surface area contributed by atoms with Crippen molar-refractivity contribution in [3.8, 4) is 5.75 Å². The summed E-state index contributed by atoms with van der Waals surface area (Å²) >= 11 is 1.64. The average Bonchev–Trinajstić information content (AvgIpc) is 3.04. The van der Waals surface area contributed by atoms with Gasteiger partial charge < -0.3 is 15.2 Å². The largest absolute Gasteiger partial charge is 0.488 e. The van der Waals surface area contributed by atoms with Gasteiger partial charge in [0.05, 0.1) is 0 Å². The molecule has 0 spiro atoms. The maximum absolute atomic E-state index is 12.0. The lowest BCUT2D eigenvalue weighted by Crippen LogP contribution is -2.29. The van der Waals surface area contributed by atoms with Gasteiger partial charge in [0.15, 0.2) is 0 Å². The van der Waals surface area contributed by atoms with E-state index < -0.39 is 0 Å². The average molecular weight is 305 g/mol. The van der Waals surface area contributed by atoms with E-state index in [4.69, 9.17) is 9.84 Å². The number of hydrogen-bond donors (Lipinski definition) is 2. The lowest BCUT2D eigenvalue weighted by atomic mass is 10.1. The molecule has 112 valence electrons. The molecule has 4 nitrogen and oxygen atoms in total. The highest BCUT2D eigenvalue weighted by atomic mass is 32.1. The molecule has 0 saturated heterocycles. The fourth-order valence-corrected chi connectivity index (χ4v) is 2.33. The zero-order valence-corrected chi connectivity index (χ0v) is 12.7. The molecular formula is C16H19NO3S. The molecule has 1 heterocycles. The summed E-state index contributed by atoms with van der Waals surface area (Å²) in [6, 6.07) is 11.1. The van der Waals surface area contributed by atoms with Gasteiger partial charge in [-0.05, 0) is 35.6 Å². The Kier molecular flexibility index (Phi) is 5.78. The number of rotatable bonds is 7. The summed E-state index contributed by atoms with van der Waals surface area (Å²) in [7, 11) is 0. The summed E-state index contributed by atoms with van der Waals surface area (Å²) in [5.41, 5.74) is 0.559. The fraction of sp³-hybridized carbons (Fsp3) is 0.312. The summed E-state index contributed by atoms with van der Waals surface area (Å²) in [4.78, 5) is 13.1.